The van der Waals surface area contributed by atoms with Gasteiger partial charge in [-0.2, -0.15) is 0 Å². The summed E-state index contributed by atoms with van der Waals surface area (Å²) < 4.78 is 12.4. The Bertz CT molecular complexity index is 468. The van der Waals surface area contributed by atoms with Crippen LogP contribution in [0.2, 0.25) is 0 Å². The minimum atomic E-state index is -0.318. The zero-order valence-corrected chi connectivity index (χ0v) is 13.2. The van der Waals surface area contributed by atoms with Crippen molar-refractivity contribution in [2.75, 3.05) is 6.54 Å². The summed E-state index contributed by atoms with van der Waals surface area (Å²) in [5.74, 6) is 1.17. The van der Waals surface area contributed by atoms with E-state index in [1.54, 1.807) is 0 Å². The molecule has 5 atom stereocenters. The third kappa shape index (κ3) is 2.27. The molecule has 0 spiro atoms. The van der Waals surface area contributed by atoms with E-state index < -0.39 is 0 Å². The molecular formula is C14H25BN4O2. The molecule has 0 amide bonds. The van der Waals surface area contributed by atoms with Crippen LogP contribution >= 0.6 is 0 Å². The van der Waals surface area contributed by atoms with Gasteiger partial charge in [0.25, 0.3) is 0 Å². The van der Waals surface area contributed by atoms with Crippen LogP contribution in [0.25, 0.3) is 10.4 Å². The zero-order chi connectivity index (χ0) is 15.3. The van der Waals surface area contributed by atoms with E-state index in [-0.39, 0.29) is 24.8 Å². The summed E-state index contributed by atoms with van der Waals surface area (Å²) in [4.78, 5) is 2.75. The van der Waals surface area contributed by atoms with E-state index in [1.165, 1.54) is 6.42 Å². The van der Waals surface area contributed by atoms with Gasteiger partial charge in [0.2, 0.25) is 0 Å². The number of rotatable bonds is 5. The number of nitrogens with zero attached hydrogens (tertiary/aromatic N) is 3. The molecule has 7 heteroatoms. The summed E-state index contributed by atoms with van der Waals surface area (Å²) in [6.07, 6.45) is 4.05. The van der Waals surface area contributed by atoms with E-state index in [4.69, 9.17) is 20.6 Å². The molecule has 2 N–H and O–H groups in total. The van der Waals surface area contributed by atoms with Gasteiger partial charge in [-0.3, -0.25) is 0 Å². The highest BCUT2D eigenvalue weighted by Gasteiger charge is 2.68. The lowest BCUT2D eigenvalue weighted by Gasteiger charge is -2.64. The van der Waals surface area contributed by atoms with Gasteiger partial charge in [-0.15, -0.1) is 0 Å². The van der Waals surface area contributed by atoms with Gasteiger partial charge in [0.15, 0.2) is 0 Å². The molecule has 6 nitrogen and oxygen atoms in total. The monoisotopic (exact) mass is 292 g/mol. The van der Waals surface area contributed by atoms with E-state index in [2.05, 4.69) is 30.8 Å². The normalized spacial score (nSPS) is 41.0. The zero-order valence-electron chi connectivity index (χ0n) is 13.2. The second kappa shape index (κ2) is 5.16. The SMILES string of the molecule is CC1(C)[C@H]2C[C@H]1[C@]1(C)OB([C@@H](N)CCCN=[N+]=[N-])O[C@@H]1C2. The molecule has 116 valence electrons. The van der Waals surface area contributed by atoms with E-state index >= 15 is 0 Å². The van der Waals surface area contributed by atoms with Crippen LogP contribution in [0.3, 0.4) is 0 Å². The maximum atomic E-state index is 8.28. The van der Waals surface area contributed by atoms with Crippen LogP contribution in [0.1, 0.15) is 46.5 Å². The standard InChI is InChI=1S/C14H25BN4O2/c1-13(2)9-7-10(13)14(3)11(8-9)20-15(21-14)12(16)5-4-6-18-19-17/h9-12H,4-8,16H2,1-3H3/t9-,10+,11+,12-,14-/m0/s1. The molecule has 0 aromatic rings. The molecule has 2 bridgehead atoms. The van der Waals surface area contributed by atoms with Crippen molar-refractivity contribution in [2.45, 2.75) is 64.1 Å². The van der Waals surface area contributed by atoms with Gasteiger partial charge >= 0.3 is 7.12 Å². The van der Waals surface area contributed by atoms with Crippen LogP contribution < -0.4 is 5.73 Å². The highest BCUT2D eigenvalue weighted by atomic mass is 16.7. The highest BCUT2D eigenvalue weighted by molar-refractivity contribution is 6.47. The minimum absolute atomic E-state index is 0.151. The van der Waals surface area contributed by atoms with Crippen molar-refractivity contribution in [1.82, 2.24) is 0 Å². The number of azide groups is 1. The molecule has 0 aromatic carbocycles. The Balaban J connectivity index is 1.61. The highest BCUT2D eigenvalue weighted by Crippen LogP contribution is 2.65. The fourth-order valence-electron chi connectivity index (χ4n) is 4.66. The minimum Gasteiger partial charge on any atom is -0.404 e. The van der Waals surface area contributed by atoms with Crippen molar-refractivity contribution in [3.05, 3.63) is 10.4 Å². The molecule has 4 fully saturated rings. The quantitative estimate of drug-likeness (QED) is 0.277. The predicted molar refractivity (Wildman–Crippen MR) is 81.3 cm³/mol. The molecule has 4 rings (SSSR count). The van der Waals surface area contributed by atoms with Crippen LogP contribution in [0.15, 0.2) is 5.11 Å². The molecular weight excluding hydrogens is 267 g/mol. The van der Waals surface area contributed by atoms with Crippen molar-refractivity contribution in [3.8, 4) is 0 Å². The first-order chi connectivity index (χ1) is 9.89. The van der Waals surface area contributed by atoms with Crippen LogP contribution in [0.5, 0.6) is 0 Å². The summed E-state index contributed by atoms with van der Waals surface area (Å²) in [5.41, 5.74) is 14.7. The Morgan fingerprint density at radius 3 is 2.86 bits per heavy atom. The van der Waals surface area contributed by atoms with Crippen LogP contribution in [0.4, 0.5) is 0 Å². The van der Waals surface area contributed by atoms with Crippen molar-refractivity contribution >= 4 is 7.12 Å². The molecule has 0 unspecified atom stereocenters. The molecule has 4 aliphatic rings. The van der Waals surface area contributed by atoms with E-state index in [1.807, 2.05) is 0 Å². The molecule has 3 aliphatic carbocycles. The Kier molecular flexibility index (Phi) is 3.73. The van der Waals surface area contributed by atoms with Gasteiger partial charge in [0.05, 0.1) is 11.7 Å². The first kappa shape index (κ1) is 15.2. The molecule has 3 saturated carbocycles. The van der Waals surface area contributed by atoms with Crippen molar-refractivity contribution in [3.63, 3.8) is 0 Å². The average Bonchev–Trinajstić information content (AvgIpc) is 2.80. The van der Waals surface area contributed by atoms with Gasteiger partial charge < -0.3 is 15.0 Å². The second-order valence-electron chi connectivity index (χ2n) is 7.60. The molecule has 21 heavy (non-hydrogen) atoms. The fraction of sp³-hybridized carbons (Fsp3) is 1.00. The lowest BCUT2D eigenvalue weighted by Crippen LogP contribution is -2.65. The summed E-state index contributed by atoms with van der Waals surface area (Å²) in [5, 5.41) is 3.54. The third-order valence-corrected chi connectivity index (χ3v) is 6.18. The smallest absolute Gasteiger partial charge is 0.404 e. The lowest BCUT2D eigenvalue weighted by atomic mass is 9.43. The first-order valence-corrected chi connectivity index (χ1v) is 7.99. The van der Waals surface area contributed by atoms with Gasteiger partial charge in [-0.25, -0.2) is 0 Å². The number of hydrogen-bond donors (Lipinski definition) is 1. The maximum absolute atomic E-state index is 8.28. The Hall–Kier alpha value is -0.745. The molecule has 1 aliphatic heterocycles. The summed E-state index contributed by atoms with van der Waals surface area (Å²) in [6, 6.07) is 0. The van der Waals surface area contributed by atoms with Crippen LogP contribution in [-0.2, 0) is 9.31 Å². The summed E-state index contributed by atoms with van der Waals surface area (Å²) in [7, 11) is -0.318. The number of nitrogens with two attached hydrogens (primary N) is 1. The van der Waals surface area contributed by atoms with E-state index in [0.29, 0.717) is 17.9 Å². The Labute approximate surface area is 126 Å². The van der Waals surface area contributed by atoms with Gasteiger partial charge in [0, 0.05) is 17.4 Å². The molecule has 1 saturated heterocycles. The largest absolute Gasteiger partial charge is 0.475 e. The van der Waals surface area contributed by atoms with E-state index in [0.717, 1.165) is 25.2 Å². The maximum Gasteiger partial charge on any atom is 0.475 e. The van der Waals surface area contributed by atoms with Crippen molar-refractivity contribution < 1.29 is 9.31 Å². The van der Waals surface area contributed by atoms with Gasteiger partial charge in [0.1, 0.15) is 0 Å². The lowest BCUT2D eigenvalue weighted by molar-refractivity contribution is -0.199. The van der Waals surface area contributed by atoms with Gasteiger partial charge in [-0.1, -0.05) is 19.0 Å². The Morgan fingerprint density at radius 1 is 1.43 bits per heavy atom. The topological polar surface area (TPSA) is 93.2 Å². The van der Waals surface area contributed by atoms with Crippen LogP contribution in [0, 0.1) is 17.3 Å². The fourth-order valence-corrected chi connectivity index (χ4v) is 4.66. The average molecular weight is 292 g/mol. The Morgan fingerprint density at radius 2 is 2.19 bits per heavy atom. The van der Waals surface area contributed by atoms with Crippen molar-refractivity contribution in [2.24, 2.45) is 28.1 Å². The molecule has 0 radical (unpaired) electrons. The van der Waals surface area contributed by atoms with Crippen LogP contribution in [-0.4, -0.2) is 31.3 Å². The summed E-state index contributed by atoms with van der Waals surface area (Å²) in [6.45, 7) is 7.38. The van der Waals surface area contributed by atoms with Crippen molar-refractivity contribution in [1.29, 1.82) is 0 Å². The summed E-state index contributed by atoms with van der Waals surface area (Å²) >= 11 is 0. The molecule has 1 heterocycles. The predicted octanol–water partition coefficient (Wildman–Crippen LogP) is 2.67. The third-order valence-electron chi connectivity index (χ3n) is 6.18. The van der Waals surface area contributed by atoms with E-state index in [9.17, 15) is 0 Å². The van der Waals surface area contributed by atoms with Gasteiger partial charge in [-0.05, 0) is 55.4 Å². The second-order valence-corrected chi connectivity index (χ2v) is 7.60. The number of hydrogen-bond acceptors (Lipinski definition) is 4. The first-order valence-electron chi connectivity index (χ1n) is 7.99. The molecule has 0 aromatic heterocycles.